The van der Waals surface area contributed by atoms with E-state index in [-0.39, 0.29) is 37.3 Å². The Morgan fingerprint density at radius 3 is 2.29 bits per heavy atom. The highest BCUT2D eigenvalue weighted by atomic mass is 35.5. The van der Waals surface area contributed by atoms with Crippen molar-refractivity contribution in [1.29, 1.82) is 0 Å². The molecule has 0 bridgehead atoms. The van der Waals surface area contributed by atoms with Gasteiger partial charge in [0.15, 0.2) is 0 Å². The first kappa shape index (κ1) is 19.4. The third-order valence-electron chi connectivity index (χ3n) is 2.62. The first-order valence-electron chi connectivity index (χ1n) is 6.54. The minimum Gasteiger partial charge on any atom is -0.377 e. The van der Waals surface area contributed by atoms with E-state index in [1.54, 1.807) is 0 Å². The zero-order chi connectivity index (χ0) is 14.8. The molecule has 1 aromatic rings. The summed E-state index contributed by atoms with van der Waals surface area (Å²) in [5, 5.41) is 5.12. The van der Waals surface area contributed by atoms with E-state index >= 15 is 0 Å². The van der Waals surface area contributed by atoms with Crippen molar-refractivity contribution < 1.29 is 14.3 Å². The van der Waals surface area contributed by atoms with Crippen LogP contribution in [0.5, 0.6) is 0 Å². The van der Waals surface area contributed by atoms with Gasteiger partial charge in [-0.05, 0) is 18.1 Å². The number of hydrogen-bond acceptors (Lipinski definition) is 4. The molecule has 0 spiro atoms. The molecule has 0 aliphatic heterocycles. The maximum atomic E-state index is 11.5. The molecule has 4 N–H and O–H groups in total. The SMILES string of the molecule is CCOCc1ccc(CNC(=O)CNC(=O)CN)cc1.Cl. The smallest absolute Gasteiger partial charge is 0.239 e. The van der Waals surface area contributed by atoms with E-state index in [9.17, 15) is 9.59 Å². The highest BCUT2D eigenvalue weighted by Crippen LogP contribution is 2.05. The lowest BCUT2D eigenvalue weighted by Crippen LogP contribution is -2.39. The lowest BCUT2D eigenvalue weighted by Gasteiger charge is -2.07. The molecule has 0 aliphatic rings. The van der Waals surface area contributed by atoms with Crippen molar-refractivity contribution in [1.82, 2.24) is 10.6 Å². The Morgan fingerprint density at radius 1 is 1.10 bits per heavy atom. The number of benzene rings is 1. The summed E-state index contributed by atoms with van der Waals surface area (Å²) in [5.74, 6) is -0.592. The van der Waals surface area contributed by atoms with E-state index < -0.39 is 0 Å². The number of nitrogens with two attached hydrogens (primary N) is 1. The van der Waals surface area contributed by atoms with Crippen LogP contribution in [-0.2, 0) is 27.5 Å². The van der Waals surface area contributed by atoms with Crippen LogP contribution in [-0.4, -0.2) is 31.5 Å². The second kappa shape index (κ2) is 11.1. The van der Waals surface area contributed by atoms with Crippen LogP contribution in [0, 0.1) is 0 Å². The molecule has 1 rings (SSSR count). The molecule has 0 saturated heterocycles. The van der Waals surface area contributed by atoms with Crippen LogP contribution >= 0.6 is 12.4 Å². The second-order valence-corrected chi connectivity index (χ2v) is 4.21. The molecular formula is C14H22ClN3O3. The molecule has 0 aromatic heterocycles. The molecule has 2 amide bonds. The number of carbonyl (C=O) groups is 2. The maximum absolute atomic E-state index is 11.5. The Morgan fingerprint density at radius 2 is 1.71 bits per heavy atom. The fourth-order valence-electron chi connectivity index (χ4n) is 1.49. The molecule has 0 fully saturated rings. The minimum atomic E-state index is -0.347. The van der Waals surface area contributed by atoms with Crippen LogP contribution in [0.25, 0.3) is 0 Å². The third-order valence-corrected chi connectivity index (χ3v) is 2.62. The molecule has 7 heteroatoms. The number of rotatable bonds is 8. The number of hydrogen-bond donors (Lipinski definition) is 3. The third kappa shape index (κ3) is 8.29. The molecule has 0 aliphatic carbocycles. The van der Waals surface area contributed by atoms with Crippen LogP contribution in [0.3, 0.4) is 0 Å². The van der Waals surface area contributed by atoms with E-state index in [1.165, 1.54) is 0 Å². The van der Waals surface area contributed by atoms with Gasteiger partial charge < -0.3 is 21.1 Å². The van der Waals surface area contributed by atoms with Crippen LogP contribution in [0.2, 0.25) is 0 Å². The summed E-state index contributed by atoms with van der Waals surface area (Å²) < 4.78 is 5.30. The highest BCUT2D eigenvalue weighted by molar-refractivity contribution is 5.85. The molecule has 0 atom stereocenters. The maximum Gasteiger partial charge on any atom is 0.239 e. The average Bonchev–Trinajstić information content (AvgIpc) is 2.49. The van der Waals surface area contributed by atoms with Gasteiger partial charge in [-0.15, -0.1) is 12.4 Å². The minimum absolute atomic E-state index is 0. The second-order valence-electron chi connectivity index (χ2n) is 4.21. The lowest BCUT2D eigenvalue weighted by atomic mass is 10.1. The average molecular weight is 316 g/mol. The number of halogens is 1. The van der Waals surface area contributed by atoms with E-state index in [0.717, 1.165) is 11.1 Å². The van der Waals surface area contributed by atoms with Crippen LogP contribution in [0.15, 0.2) is 24.3 Å². The van der Waals surface area contributed by atoms with Gasteiger partial charge in [0, 0.05) is 13.2 Å². The largest absolute Gasteiger partial charge is 0.377 e. The molecule has 6 nitrogen and oxygen atoms in total. The molecule has 0 radical (unpaired) electrons. The summed E-state index contributed by atoms with van der Waals surface area (Å²) in [6.45, 7) is 3.48. The summed E-state index contributed by atoms with van der Waals surface area (Å²) in [7, 11) is 0. The Kier molecular flexibility index (Phi) is 10.2. The van der Waals surface area contributed by atoms with Gasteiger partial charge in [0.05, 0.1) is 19.7 Å². The number of ether oxygens (including phenoxy) is 1. The topological polar surface area (TPSA) is 93.5 Å². The first-order valence-corrected chi connectivity index (χ1v) is 6.54. The van der Waals surface area contributed by atoms with E-state index in [2.05, 4.69) is 10.6 Å². The van der Waals surface area contributed by atoms with Gasteiger partial charge in [0.25, 0.3) is 0 Å². The van der Waals surface area contributed by atoms with Gasteiger partial charge in [0.2, 0.25) is 11.8 Å². The lowest BCUT2D eigenvalue weighted by molar-refractivity contribution is -0.125. The monoisotopic (exact) mass is 315 g/mol. The molecule has 0 saturated carbocycles. The standard InChI is InChI=1S/C14H21N3O3.ClH/c1-2-20-10-12-5-3-11(4-6-12)8-16-14(19)9-17-13(18)7-15;/h3-6H,2,7-10,15H2,1H3,(H,16,19)(H,17,18);1H. The van der Waals surface area contributed by atoms with Crippen LogP contribution in [0.1, 0.15) is 18.1 Å². The summed E-state index contributed by atoms with van der Waals surface area (Å²) in [6, 6.07) is 7.81. The fraction of sp³-hybridized carbons (Fsp3) is 0.429. The quantitative estimate of drug-likeness (QED) is 0.645. The Bertz CT molecular complexity index is 438. The van der Waals surface area contributed by atoms with E-state index in [0.29, 0.717) is 19.8 Å². The summed E-state index contributed by atoms with van der Waals surface area (Å²) in [4.78, 5) is 22.3. The number of amides is 2. The Labute approximate surface area is 130 Å². The van der Waals surface area contributed by atoms with Crippen molar-refractivity contribution >= 4 is 24.2 Å². The Balaban J connectivity index is 0.00000400. The van der Waals surface area contributed by atoms with Gasteiger partial charge in [0.1, 0.15) is 0 Å². The van der Waals surface area contributed by atoms with Crippen LogP contribution in [0.4, 0.5) is 0 Å². The van der Waals surface area contributed by atoms with E-state index in [4.69, 9.17) is 10.5 Å². The van der Waals surface area contributed by atoms with Crippen molar-refractivity contribution in [3.05, 3.63) is 35.4 Å². The molecule has 118 valence electrons. The van der Waals surface area contributed by atoms with Gasteiger partial charge in [-0.3, -0.25) is 9.59 Å². The first-order chi connectivity index (χ1) is 9.65. The van der Waals surface area contributed by atoms with Crippen molar-refractivity contribution in [2.24, 2.45) is 5.73 Å². The van der Waals surface area contributed by atoms with Crippen LogP contribution < -0.4 is 16.4 Å². The van der Waals surface area contributed by atoms with Crippen molar-refractivity contribution in [2.45, 2.75) is 20.1 Å². The van der Waals surface area contributed by atoms with Crippen molar-refractivity contribution in [3.8, 4) is 0 Å². The molecule has 21 heavy (non-hydrogen) atoms. The van der Waals surface area contributed by atoms with E-state index in [1.807, 2.05) is 31.2 Å². The van der Waals surface area contributed by atoms with Crippen molar-refractivity contribution in [3.63, 3.8) is 0 Å². The predicted molar refractivity (Wildman–Crippen MR) is 82.9 cm³/mol. The predicted octanol–water partition coefficient (Wildman–Crippen LogP) is 0.336. The fourth-order valence-corrected chi connectivity index (χ4v) is 1.49. The Hall–Kier alpha value is -1.63. The summed E-state index contributed by atoms with van der Waals surface area (Å²) in [5.41, 5.74) is 7.20. The molecule has 0 unspecified atom stereocenters. The summed E-state index contributed by atoms with van der Waals surface area (Å²) >= 11 is 0. The van der Waals surface area contributed by atoms with Gasteiger partial charge >= 0.3 is 0 Å². The van der Waals surface area contributed by atoms with Gasteiger partial charge in [-0.2, -0.15) is 0 Å². The number of nitrogens with one attached hydrogen (secondary N) is 2. The zero-order valence-electron chi connectivity index (χ0n) is 12.1. The van der Waals surface area contributed by atoms with Gasteiger partial charge in [-0.1, -0.05) is 24.3 Å². The number of carbonyl (C=O) groups excluding carboxylic acids is 2. The molecule has 0 heterocycles. The zero-order valence-corrected chi connectivity index (χ0v) is 12.9. The summed E-state index contributed by atoms with van der Waals surface area (Å²) in [6.07, 6.45) is 0. The van der Waals surface area contributed by atoms with Gasteiger partial charge in [-0.25, -0.2) is 0 Å². The molecular weight excluding hydrogens is 294 g/mol. The van der Waals surface area contributed by atoms with Crippen molar-refractivity contribution in [2.75, 3.05) is 19.7 Å². The highest BCUT2D eigenvalue weighted by Gasteiger charge is 2.03. The molecule has 1 aromatic carbocycles. The normalized spacial score (nSPS) is 9.62.